The van der Waals surface area contributed by atoms with Gasteiger partial charge in [-0.2, -0.15) is 0 Å². The first-order valence-corrected chi connectivity index (χ1v) is 7.27. The van der Waals surface area contributed by atoms with E-state index in [1.807, 2.05) is 37.3 Å². The number of halogens is 1. The van der Waals surface area contributed by atoms with Gasteiger partial charge in [0, 0.05) is 45.0 Å². The Balaban J connectivity index is 2.22. The normalized spacial score (nSPS) is 11.4. The quantitative estimate of drug-likeness (QED) is 0.557. The summed E-state index contributed by atoms with van der Waals surface area (Å²) in [5.41, 5.74) is 4.94. The number of aromatic amines is 2. The molecule has 22 heavy (non-hydrogen) atoms. The zero-order chi connectivity index (χ0) is 15.3. The molecule has 0 bridgehead atoms. The SMILES string of the molecule is Cc1c(-c2cccnc2)c2[nH]c3ccc(Cl)cc3c2[nH]c1=O. The Labute approximate surface area is 130 Å². The minimum atomic E-state index is -0.104. The van der Waals surface area contributed by atoms with Gasteiger partial charge in [-0.05, 0) is 31.2 Å². The Bertz CT molecular complexity index is 1060. The van der Waals surface area contributed by atoms with Crippen LogP contribution in [-0.2, 0) is 0 Å². The molecule has 108 valence electrons. The van der Waals surface area contributed by atoms with Gasteiger partial charge in [-0.25, -0.2) is 0 Å². The van der Waals surface area contributed by atoms with Crippen LogP contribution < -0.4 is 5.56 Å². The van der Waals surface area contributed by atoms with Gasteiger partial charge in [0.1, 0.15) is 0 Å². The van der Waals surface area contributed by atoms with Crippen molar-refractivity contribution < 1.29 is 0 Å². The van der Waals surface area contributed by atoms with Gasteiger partial charge < -0.3 is 9.97 Å². The molecule has 0 saturated heterocycles. The van der Waals surface area contributed by atoms with E-state index in [0.717, 1.165) is 33.1 Å². The summed E-state index contributed by atoms with van der Waals surface area (Å²) in [7, 11) is 0. The largest absolute Gasteiger partial charge is 0.353 e. The van der Waals surface area contributed by atoms with Crippen molar-refractivity contribution in [1.29, 1.82) is 0 Å². The summed E-state index contributed by atoms with van der Waals surface area (Å²) in [6, 6.07) is 9.41. The predicted octanol–water partition coefficient (Wildman–Crippen LogP) is 4.03. The molecular formula is C17H12ClN3O. The van der Waals surface area contributed by atoms with E-state index in [-0.39, 0.29) is 5.56 Å². The summed E-state index contributed by atoms with van der Waals surface area (Å²) >= 11 is 6.09. The fourth-order valence-corrected chi connectivity index (χ4v) is 3.03. The van der Waals surface area contributed by atoms with Crippen LogP contribution in [0.5, 0.6) is 0 Å². The number of aromatic nitrogens is 3. The van der Waals surface area contributed by atoms with E-state index < -0.39 is 0 Å². The first-order chi connectivity index (χ1) is 10.6. The van der Waals surface area contributed by atoms with E-state index in [9.17, 15) is 4.79 Å². The van der Waals surface area contributed by atoms with Crippen LogP contribution in [0.25, 0.3) is 33.1 Å². The number of nitrogens with zero attached hydrogens (tertiary/aromatic N) is 1. The van der Waals surface area contributed by atoms with Gasteiger partial charge in [-0.3, -0.25) is 9.78 Å². The molecule has 0 amide bonds. The highest BCUT2D eigenvalue weighted by Crippen LogP contribution is 2.33. The molecule has 2 N–H and O–H groups in total. The third-order valence-corrected chi connectivity index (χ3v) is 4.15. The van der Waals surface area contributed by atoms with Crippen LogP contribution in [0.2, 0.25) is 5.02 Å². The topological polar surface area (TPSA) is 61.5 Å². The van der Waals surface area contributed by atoms with Gasteiger partial charge >= 0.3 is 0 Å². The Kier molecular flexibility index (Phi) is 2.81. The Hall–Kier alpha value is -2.59. The molecule has 3 heterocycles. The third kappa shape index (κ3) is 1.84. The minimum absolute atomic E-state index is 0.104. The molecule has 0 aliphatic carbocycles. The summed E-state index contributed by atoms with van der Waals surface area (Å²) in [4.78, 5) is 22.8. The second-order valence-electron chi connectivity index (χ2n) is 5.26. The number of pyridine rings is 2. The van der Waals surface area contributed by atoms with Crippen LogP contribution >= 0.6 is 11.6 Å². The van der Waals surface area contributed by atoms with E-state index in [1.165, 1.54) is 0 Å². The van der Waals surface area contributed by atoms with Gasteiger partial charge in [0.25, 0.3) is 5.56 Å². The Morgan fingerprint density at radius 1 is 1.14 bits per heavy atom. The monoisotopic (exact) mass is 309 g/mol. The number of hydrogen-bond donors (Lipinski definition) is 2. The molecule has 3 aromatic heterocycles. The molecule has 0 aliphatic heterocycles. The molecule has 0 unspecified atom stereocenters. The lowest BCUT2D eigenvalue weighted by atomic mass is 10.0. The fraction of sp³-hybridized carbons (Fsp3) is 0.0588. The van der Waals surface area contributed by atoms with E-state index in [4.69, 9.17) is 11.6 Å². The van der Waals surface area contributed by atoms with Crippen LogP contribution in [0.4, 0.5) is 0 Å². The first-order valence-electron chi connectivity index (χ1n) is 6.89. The number of rotatable bonds is 1. The van der Waals surface area contributed by atoms with Gasteiger partial charge in [-0.1, -0.05) is 17.7 Å². The number of hydrogen-bond acceptors (Lipinski definition) is 2. The Morgan fingerprint density at radius 2 is 2.00 bits per heavy atom. The van der Waals surface area contributed by atoms with Crippen molar-refractivity contribution >= 4 is 33.5 Å². The molecule has 1 aromatic carbocycles. The van der Waals surface area contributed by atoms with Gasteiger partial charge in [0.2, 0.25) is 0 Å². The van der Waals surface area contributed by atoms with Crippen LogP contribution in [0, 0.1) is 6.92 Å². The van der Waals surface area contributed by atoms with Crippen molar-refractivity contribution in [2.24, 2.45) is 0 Å². The summed E-state index contributed by atoms with van der Waals surface area (Å²) in [6.45, 7) is 1.82. The van der Waals surface area contributed by atoms with E-state index >= 15 is 0 Å². The lowest BCUT2D eigenvalue weighted by Crippen LogP contribution is -2.10. The molecule has 0 atom stereocenters. The standard InChI is InChI=1S/C17H12ClN3O/c1-9-14(10-3-2-6-19-8-10)16-15(21-17(9)22)12-7-11(18)4-5-13(12)20-16/h2-8,20H,1H3,(H,21,22). The average Bonchev–Trinajstić information content (AvgIpc) is 2.87. The minimum Gasteiger partial charge on any atom is -0.353 e. The van der Waals surface area contributed by atoms with Gasteiger partial charge in [-0.15, -0.1) is 0 Å². The van der Waals surface area contributed by atoms with Crippen LogP contribution in [0.3, 0.4) is 0 Å². The highest BCUT2D eigenvalue weighted by molar-refractivity contribution is 6.31. The maximum atomic E-state index is 12.3. The predicted molar refractivity (Wildman–Crippen MR) is 89.4 cm³/mol. The summed E-state index contributed by atoms with van der Waals surface area (Å²) < 4.78 is 0. The second-order valence-corrected chi connectivity index (χ2v) is 5.70. The number of benzene rings is 1. The maximum absolute atomic E-state index is 12.3. The van der Waals surface area contributed by atoms with Crippen LogP contribution in [0.1, 0.15) is 5.56 Å². The smallest absolute Gasteiger partial charge is 0.252 e. The van der Waals surface area contributed by atoms with E-state index in [0.29, 0.717) is 10.6 Å². The Morgan fingerprint density at radius 3 is 2.77 bits per heavy atom. The highest BCUT2D eigenvalue weighted by atomic mass is 35.5. The number of H-pyrrole nitrogens is 2. The van der Waals surface area contributed by atoms with E-state index in [1.54, 1.807) is 12.4 Å². The summed E-state index contributed by atoms with van der Waals surface area (Å²) in [5.74, 6) is 0. The van der Waals surface area contributed by atoms with Crippen molar-refractivity contribution in [2.45, 2.75) is 6.92 Å². The van der Waals surface area contributed by atoms with Crippen LogP contribution in [-0.4, -0.2) is 15.0 Å². The summed E-state index contributed by atoms with van der Waals surface area (Å²) in [5, 5.41) is 1.54. The fourth-order valence-electron chi connectivity index (χ4n) is 2.86. The number of fused-ring (bicyclic) bond motifs is 3. The molecule has 0 fully saturated rings. The molecular weight excluding hydrogens is 298 g/mol. The molecule has 4 rings (SSSR count). The van der Waals surface area contributed by atoms with Crippen molar-refractivity contribution in [3.8, 4) is 11.1 Å². The van der Waals surface area contributed by atoms with Gasteiger partial charge in [0.05, 0.1) is 11.0 Å². The summed E-state index contributed by atoms with van der Waals surface area (Å²) in [6.07, 6.45) is 3.48. The first kappa shape index (κ1) is 13.1. The average molecular weight is 310 g/mol. The molecule has 0 aliphatic rings. The van der Waals surface area contributed by atoms with Crippen LogP contribution in [0.15, 0.2) is 47.5 Å². The van der Waals surface area contributed by atoms with Crippen molar-refractivity contribution in [2.75, 3.05) is 0 Å². The number of nitrogens with one attached hydrogen (secondary N) is 2. The zero-order valence-corrected chi connectivity index (χ0v) is 12.5. The van der Waals surface area contributed by atoms with Gasteiger partial charge in [0.15, 0.2) is 0 Å². The lowest BCUT2D eigenvalue weighted by molar-refractivity contribution is 1.23. The van der Waals surface area contributed by atoms with Crippen molar-refractivity contribution in [1.82, 2.24) is 15.0 Å². The molecule has 4 nitrogen and oxygen atoms in total. The van der Waals surface area contributed by atoms with E-state index in [2.05, 4.69) is 15.0 Å². The lowest BCUT2D eigenvalue weighted by Gasteiger charge is -2.06. The zero-order valence-electron chi connectivity index (χ0n) is 11.8. The molecule has 4 aromatic rings. The third-order valence-electron chi connectivity index (χ3n) is 3.91. The highest BCUT2D eigenvalue weighted by Gasteiger charge is 2.15. The molecule has 0 spiro atoms. The molecule has 0 saturated carbocycles. The van der Waals surface area contributed by atoms with Crippen molar-refractivity contribution in [3.63, 3.8) is 0 Å². The molecule has 0 radical (unpaired) electrons. The van der Waals surface area contributed by atoms with Crippen molar-refractivity contribution in [3.05, 3.63) is 63.7 Å². The maximum Gasteiger partial charge on any atom is 0.252 e. The second kappa shape index (κ2) is 4.71. The molecule has 5 heteroatoms.